The smallest absolute Gasteiger partial charge is 0.346 e. The summed E-state index contributed by atoms with van der Waals surface area (Å²) in [7, 11) is 0. The van der Waals surface area contributed by atoms with Crippen LogP contribution in [0.2, 0.25) is 0 Å². The third kappa shape index (κ3) is 5.35. The Morgan fingerprint density at radius 1 is 0.920 bits per heavy atom. The van der Waals surface area contributed by atoms with Gasteiger partial charge in [-0.05, 0) is 43.5 Å². The van der Waals surface area contributed by atoms with E-state index in [0.29, 0.717) is 12.1 Å². The Morgan fingerprint density at radius 2 is 1.28 bits per heavy atom. The second-order valence-corrected chi connectivity index (χ2v) is 6.68. The lowest BCUT2D eigenvalue weighted by Gasteiger charge is -2.30. The molecule has 9 heteroatoms. The van der Waals surface area contributed by atoms with E-state index < -0.39 is 41.0 Å². The number of carbonyl (C=O) groups is 1. The molecule has 0 saturated heterocycles. The number of hydrogen-bond donors (Lipinski definition) is 2. The molecule has 0 fully saturated rings. The number of alkyl halides is 6. The molecule has 1 atom stereocenters. The van der Waals surface area contributed by atoms with Crippen molar-refractivity contribution < 1.29 is 31.1 Å². The van der Waals surface area contributed by atoms with Gasteiger partial charge in [0.1, 0.15) is 0 Å². The molecule has 1 rings (SSSR count). The highest BCUT2D eigenvalue weighted by atomic mass is 19.4. The maximum absolute atomic E-state index is 12.9. The molecule has 1 amide bonds. The van der Waals surface area contributed by atoms with Crippen LogP contribution in [0, 0.1) is 5.92 Å². The SMILES string of the molecule is CC(C)[C@@H](N)C(=O)NC(C)(C)c1cc(C(F)(F)F)cc(C(F)(F)F)c1. The van der Waals surface area contributed by atoms with Crippen molar-refractivity contribution in [1.29, 1.82) is 0 Å². The molecule has 142 valence electrons. The van der Waals surface area contributed by atoms with Crippen molar-refractivity contribution in [2.24, 2.45) is 11.7 Å². The quantitative estimate of drug-likeness (QED) is 0.786. The van der Waals surface area contributed by atoms with Crippen LogP contribution < -0.4 is 11.1 Å². The Balaban J connectivity index is 3.36. The predicted octanol–water partition coefficient (Wildman–Crippen LogP) is 4.06. The topological polar surface area (TPSA) is 55.1 Å². The van der Waals surface area contributed by atoms with Gasteiger partial charge >= 0.3 is 12.4 Å². The van der Waals surface area contributed by atoms with Crippen molar-refractivity contribution in [3.05, 3.63) is 34.9 Å². The second-order valence-electron chi connectivity index (χ2n) is 6.68. The molecule has 0 aliphatic carbocycles. The van der Waals surface area contributed by atoms with Gasteiger partial charge in [0.2, 0.25) is 5.91 Å². The van der Waals surface area contributed by atoms with Crippen LogP contribution in [0.25, 0.3) is 0 Å². The maximum Gasteiger partial charge on any atom is 0.416 e. The van der Waals surface area contributed by atoms with Crippen LogP contribution in [0.5, 0.6) is 0 Å². The molecule has 0 radical (unpaired) electrons. The first-order chi connectivity index (χ1) is 11.1. The summed E-state index contributed by atoms with van der Waals surface area (Å²) in [5.41, 5.74) is 0.995. The number of nitrogens with one attached hydrogen (secondary N) is 1. The van der Waals surface area contributed by atoms with E-state index in [9.17, 15) is 31.1 Å². The molecule has 0 aromatic heterocycles. The summed E-state index contributed by atoms with van der Waals surface area (Å²) in [4.78, 5) is 12.1. The zero-order chi connectivity index (χ0) is 19.8. The van der Waals surface area contributed by atoms with Crippen molar-refractivity contribution >= 4 is 5.91 Å². The van der Waals surface area contributed by atoms with E-state index in [1.807, 2.05) is 0 Å². The van der Waals surface area contributed by atoms with Gasteiger partial charge in [-0.2, -0.15) is 26.3 Å². The molecule has 3 N–H and O–H groups in total. The van der Waals surface area contributed by atoms with Gasteiger partial charge in [-0.3, -0.25) is 4.79 Å². The molecule has 0 aliphatic rings. The van der Waals surface area contributed by atoms with Gasteiger partial charge in [0, 0.05) is 0 Å². The van der Waals surface area contributed by atoms with Gasteiger partial charge in [0.25, 0.3) is 0 Å². The third-order valence-electron chi connectivity index (χ3n) is 3.77. The molecule has 0 saturated carbocycles. The van der Waals surface area contributed by atoms with Crippen molar-refractivity contribution in [2.45, 2.75) is 51.6 Å². The summed E-state index contributed by atoms with van der Waals surface area (Å²) >= 11 is 0. The van der Waals surface area contributed by atoms with Crippen LogP contribution in [0.4, 0.5) is 26.3 Å². The largest absolute Gasteiger partial charge is 0.416 e. The Morgan fingerprint density at radius 3 is 1.60 bits per heavy atom. The number of benzene rings is 1. The van der Waals surface area contributed by atoms with Crippen molar-refractivity contribution in [1.82, 2.24) is 5.32 Å². The van der Waals surface area contributed by atoms with Gasteiger partial charge in [-0.1, -0.05) is 13.8 Å². The first-order valence-corrected chi connectivity index (χ1v) is 7.43. The van der Waals surface area contributed by atoms with Gasteiger partial charge in [0.05, 0.1) is 22.7 Å². The predicted molar refractivity (Wildman–Crippen MR) is 80.4 cm³/mol. The highest BCUT2D eigenvalue weighted by Gasteiger charge is 2.39. The van der Waals surface area contributed by atoms with E-state index in [2.05, 4.69) is 5.32 Å². The van der Waals surface area contributed by atoms with E-state index >= 15 is 0 Å². The summed E-state index contributed by atoms with van der Waals surface area (Å²) in [6, 6.07) is 0.292. The van der Waals surface area contributed by atoms with E-state index in [1.54, 1.807) is 13.8 Å². The summed E-state index contributed by atoms with van der Waals surface area (Å²) in [5, 5.41) is 2.41. The van der Waals surface area contributed by atoms with Crippen molar-refractivity contribution in [2.75, 3.05) is 0 Å². The molecule has 0 heterocycles. The van der Waals surface area contributed by atoms with Crippen LogP contribution in [0.1, 0.15) is 44.4 Å². The van der Waals surface area contributed by atoms with Crippen LogP contribution in [0.15, 0.2) is 18.2 Å². The number of nitrogens with two attached hydrogens (primary N) is 1. The Hall–Kier alpha value is -1.77. The standard InChI is InChI=1S/C16H20F6N2O/c1-8(2)12(23)13(25)24-14(3,4)9-5-10(15(17,18)19)7-11(6-9)16(20,21)22/h5-8,12H,23H2,1-4H3,(H,24,25)/t12-/m1/s1. The molecule has 0 aliphatic heterocycles. The van der Waals surface area contributed by atoms with E-state index in [0.717, 1.165) is 0 Å². The Labute approximate surface area is 141 Å². The molecule has 0 spiro atoms. The zero-order valence-electron chi connectivity index (χ0n) is 14.1. The number of hydrogen-bond acceptors (Lipinski definition) is 2. The van der Waals surface area contributed by atoms with Gasteiger partial charge in [-0.25, -0.2) is 0 Å². The zero-order valence-corrected chi connectivity index (χ0v) is 14.1. The molecule has 25 heavy (non-hydrogen) atoms. The van der Waals surface area contributed by atoms with Crippen LogP contribution in [0.3, 0.4) is 0 Å². The molecule has 3 nitrogen and oxygen atoms in total. The summed E-state index contributed by atoms with van der Waals surface area (Å²) in [5.74, 6) is -0.908. The lowest BCUT2D eigenvalue weighted by atomic mass is 9.89. The first kappa shape index (κ1) is 21.3. The second kappa shape index (κ2) is 6.86. The van der Waals surface area contributed by atoms with E-state index in [4.69, 9.17) is 5.73 Å². The molecule has 1 aromatic rings. The van der Waals surface area contributed by atoms with Crippen molar-refractivity contribution in [3.63, 3.8) is 0 Å². The van der Waals surface area contributed by atoms with E-state index in [1.165, 1.54) is 13.8 Å². The fraction of sp³-hybridized carbons (Fsp3) is 0.562. The molecule has 1 aromatic carbocycles. The van der Waals surface area contributed by atoms with Gasteiger partial charge < -0.3 is 11.1 Å². The average molecular weight is 370 g/mol. The highest BCUT2D eigenvalue weighted by molar-refractivity contribution is 5.82. The Kier molecular flexibility index (Phi) is 5.83. The fourth-order valence-electron chi connectivity index (χ4n) is 2.08. The number of halogens is 6. The van der Waals surface area contributed by atoms with Crippen molar-refractivity contribution in [3.8, 4) is 0 Å². The normalized spacial score (nSPS) is 14.6. The monoisotopic (exact) mass is 370 g/mol. The summed E-state index contributed by atoms with van der Waals surface area (Å²) < 4.78 is 77.7. The number of amides is 1. The van der Waals surface area contributed by atoms with Gasteiger partial charge in [0.15, 0.2) is 0 Å². The maximum atomic E-state index is 12.9. The molecule has 0 unspecified atom stereocenters. The third-order valence-corrected chi connectivity index (χ3v) is 3.77. The molecular weight excluding hydrogens is 350 g/mol. The Bertz CT molecular complexity index is 602. The highest BCUT2D eigenvalue weighted by Crippen LogP contribution is 2.38. The number of rotatable bonds is 4. The lowest BCUT2D eigenvalue weighted by Crippen LogP contribution is -2.50. The summed E-state index contributed by atoms with van der Waals surface area (Å²) in [6.45, 7) is 5.97. The summed E-state index contributed by atoms with van der Waals surface area (Å²) in [6.07, 6.45) is -9.91. The molecule has 0 bridgehead atoms. The minimum absolute atomic E-state index is 0.0429. The fourth-order valence-corrected chi connectivity index (χ4v) is 2.08. The minimum Gasteiger partial charge on any atom is -0.346 e. The van der Waals surface area contributed by atoms with E-state index in [-0.39, 0.29) is 17.5 Å². The van der Waals surface area contributed by atoms with Gasteiger partial charge in [-0.15, -0.1) is 0 Å². The average Bonchev–Trinajstić information content (AvgIpc) is 2.43. The molecular formula is C16H20F6N2O. The minimum atomic E-state index is -4.95. The van der Waals surface area contributed by atoms with Crippen LogP contribution in [-0.2, 0) is 22.7 Å². The van der Waals surface area contributed by atoms with Crippen LogP contribution in [-0.4, -0.2) is 11.9 Å². The number of carbonyl (C=O) groups excluding carboxylic acids is 1. The lowest BCUT2D eigenvalue weighted by molar-refractivity contribution is -0.143. The first-order valence-electron chi connectivity index (χ1n) is 7.43. The van der Waals surface area contributed by atoms with Crippen LogP contribution >= 0.6 is 0 Å².